The molecule has 7 nitrogen and oxygen atoms in total. The van der Waals surface area contributed by atoms with Gasteiger partial charge in [-0.3, -0.25) is 9.59 Å². The van der Waals surface area contributed by atoms with Crippen molar-refractivity contribution >= 4 is 39.1 Å². The maximum Gasteiger partial charge on any atom is 0.253 e. The van der Waals surface area contributed by atoms with Crippen molar-refractivity contribution in [3.8, 4) is 0 Å². The fourth-order valence-electron chi connectivity index (χ4n) is 3.09. The number of carbonyl (C=O) groups excluding carboxylic acids is 1. The van der Waals surface area contributed by atoms with Gasteiger partial charge in [-0.05, 0) is 51.0 Å². The van der Waals surface area contributed by atoms with Gasteiger partial charge in [-0.2, -0.15) is 0 Å². The largest absolute Gasteiger partial charge is 0.348 e. The van der Waals surface area contributed by atoms with Crippen molar-refractivity contribution in [2.45, 2.75) is 58.0 Å². The molecule has 1 aromatic carbocycles. The number of sulfonamides is 1. The molecule has 0 spiro atoms. The standard InChI is InChI=1S/C20H25Cl2N3O4S/c1-5-6-12(3)25-30(28,29)18-8-14(16(21)9-17(18)22)19(26)23-10-15-11(2)7-13(4)24-20(15)27/h7-9,12,25H,5-6,10H2,1-4H3,(H,23,26)(H,24,27)/t12-/m0/s1. The Hall–Kier alpha value is -1.87. The minimum absolute atomic E-state index is 0.00703. The van der Waals surface area contributed by atoms with Crippen LogP contribution in [-0.4, -0.2) is 25.4 Å². The Bertz CT molecular complexity index is 1110. The van der Waals surface area contributed by atoms with Gasteiger partial charge in [0.15, 0.2) is 0 Å². The number of halogens is 2. The molecule has 10 heteroatoms. The molecular weight excluding hydrogens is 449 g/mol. The summed E-state index contributed by atoms with van der Waals surface area (Å²) in [5, 5.41) is 2.54. The third-order valence-electron chi connectivity index (χ3n) is 4.55. The van der Waals surface area contributed by atoms with Crippen LogP contribution in [-0.2, 0) is 16.6 Å². The molecule has 30 heavy (non-hydrogen) atoms. The van der Waals surface area contributed by atoms with Crippen LogP contribution >= 0.6 is 23.2 Å². The Morgan fingerprint density at radius 1 is 1.17 bits per heavy atom. The summed E-state index contributed by atoms with van der Waals surface area (Å²) >= 11 is 12.2. The smallest absolute Gasteiger partial charge is 0.253 e. The molecule has 164 valence electrons. The number of pyridine rings is 1. The summed E-state index contributed by atoms with van der Waals surface area (Å²) in [4.78, 5) is 27.3. The number of hydrogen-bond donors (Lipinski definition) is 3. The number of H-pyrrole nitrogens is 1. The van der Waals surface area contributed by atoms with Gasteiger partial charge >= 0.3 is 0 Å². The minimum atomic E-state index is -3.95. The summed E-state index contributed by atoms with van der Waals surface area (Å²) in [6.07, 6.45) is 1.46. The molecule has 2 aromatic rings. The zero-order chi connectivity index (χ0) is 22.6. The normalized spacial score (nSPS) is 12.6. The zero-order valence-electron chi connectivity index (χ0n) is 17.2. The lowest BCUT2D eigenvalue weighted by Gasteiger charge is -2.16. The Balaban J connectivity index is 2.31. The monoisotopic (exact) mass is 473 g/mol. The number of hydrogen-bond acceptors (Lipinski definition) is 4. The van der Waals surface area contributed by atoms with Gasteiger partial charge in [-0.1, -0.05) is 36.5 Å². The van der Waals surface area contributed by atoms with Crippen LogP contribution < -0.4 is 15.6 Å². The second-order valence-electron chi connectivity index (χ2n) is 7.20. The lowest BCUT2D eigenvalue weighted by atomic mass is 10.1. The molecule has 0 bridgehead atoms. The summed E-state index contributed by atoms with van der Waals surface area (Å²) in [5.41, 5.74) is 1.50. The molecule has 1 aromatic heterocycles. The number of benzene rings is 1. The molecule has 0 saturated heterocycles. The number of amides is 1. The van der Waals surface area contributed by atoms with Gasteiger partial charge in [0.1, 0.15) is 4.90 Å². The molecular formula is C20H25Cl2N3O4S. The second kappa shape index (κ2) is 9.96. The summed E-state index contributed by atoms with van der Waals surface area (Å²) < 4.78 is 28.0. The van der Waals surface area contributed by atoms with Crippen molar-refractivity contribution in [1.29, 1.82) is 0 Å². The van der Waals surface area contributed by atoms with Gasteiger partial charge in [0.25, 0.3) is 11.5 Å². The highest BCUT2D eigenvalue weighted by Crippen LogP contribution is 2.29. The van der Waals surface area contributed by atoms with Gasteiger partial charge in [0.2, 0.25) is 10.0 Å². The first kappa shape index (κ1) is 24.4. The fraction of sp³-hybridized carbons (Fsp3) is 0.400. The van der Waals surface area contributed by atoms with Crippen LogP contribution in [0.2, 0.25) is 10.0 Å². The molecule has 0 aliphatic heterocycles. The predicted octanol–water partition coefficient (Wildman–Crippen LogP) is 3.70. The van der Waals surface area contributed by atoms with Crippen LogP contribution in [0.5, 0.6) is 0 Å². The highest BCUT2D eigenvalue weighted by Gasteiger charge is 2.24. The maximum atomic E-state index is 12.7. The number of nitrogens with one attached hydrogen (secondary N) is 3. The van der Waals surface area contributed by atoms with Gasteiger partial charge in [-0.15, -0.1) is 0 Å². The minimum Gasteiger partial charge on any atom is -0.348 e. The van der Waals surface area contributed by atoms with Gasteiger partial charge in [-0.25, -0.2) is 13.1 Å². The second-order valence-corrected chi connectivity index (χ2v) is 9.70. The first-order valence-electron chi connectivity index (χ1n) is 9.45. The molecule has 1 heterocycles. The lowest BCUT2D eigenvalue weighted by Crippen LogP contribution is -2.33. The lowest BCUT2D eigenvalue weighted by molar-refractivity contribution is 0.0950. The Labute approximate surface area is 186 Å². The highest BCUT2D eigenvalue weighted by atomic mass is 35.5. The first-order chi connectivity index (χ1) is 14.0. The van der Waals surface area contributed by atoms with E-state index in [-0.39, 0.29) is 38.7 Å². The zero-order valence-corrected chi connectivity index (χ0v) is 19.6. The molecule has 2 rings (SSSR count). The van der Waals surface area contributed by atoms with E-state index in [1.165, 1.54) is 6.07 Å². The van der Waals surface area contributed by atoms with E-state index in [0.717, 1.165) is 18.1 Å². The van der Waals surface area contributed by atoms with E-state index in [9.17, 15) is 18.0 Å². The van der Waals surface area contributed by atoms with E-state index in [4.69, 9.17) is 23.2 Å². The Morgan fingerprint density at radius 2 is 1.83 bits per heavy atom. The van der Waals surface area contributed by atoms with Crippen molar-refractivity contribution in [1.82, 2.24) is 15.0 Å². The van der Waals surface area contributed by atoms with Crippen LogP contribution in [0.1, 0.15) is 53.9 Å². The van der Waals surface area contributed by atoms with Crippen molar-refractivity contribution in [3.05, 3.63) is 61.0 Å². The summed E-state index contributed by atoms with van der Waals surface area (Å²) in [6, 6.07) is 3.88. The van der Waals surface area contributed by atoms with Crippen molar-refractivity contribution in [2.75, 3.05) is 0 Å². The van der Waals surface area contributed by atoms with E-state index in [2.05, 4.69) is 15.0 Å². The summed E-state index contributed by atoms with van der Waals surface area (Å²) in [5.74, 6) is -0.617. The van der Waals surface area contributed by atoms with Crippen molar-refractivity contribution < 1.29 is 13.2 Å². The topological polar surface area (TPSA) is 108 Å². The average molecular weight is 474 g/mol. The SMILES string of the molecule is CCC[C@H](C)NS(=O)(=O)c1cc(C(=O)NCc2c(C)cc(C)[nH]c2=O)c(Cl)cc1Cl. The third kappa shape index (κ3) is 5.85. The highest BCUT2D eigenvalue weighted by molar-refractivity contribution is 7.89. The average Bonchev–Trinajstić information content (AvgIpc) is 2.59. The van der Waals surface area contributed by atoms with E-state index in [1.807, 2.05) is 6.92 Å². The van der Waals surface area contributed by atoms with Crippen LogP contribution in [0.4, 0.5) is 0 Å². The van der Waals surface area contributed by atoms with Crippen LogP contribution in [0.25, 0.3) is 0 Å². The van der Waals surface area contributed by atoms with Crippen LogP contribution in [0, 0.1) is 13.8 Å². The number of rotatable bonds is 8. The number of aryl methyl sites for hydroxylation is 2. The molecule has 0 saturated carbocycles. The Morgan fingerprint density at radius 3 is 2.43 bits per heavy atom. The van der Waals surface area contributed by atoms with E-state index < -0.39 is 15.9 Å². The van der Waals surface area contributed by atoms with Crippen LogP contribution in [0.15, 0.2) is 27.9 Å². The first-order valence-corrected chi connectivity index (χ1v) is 11.7. The molecule has 0 aliphatic rings. The van der Waals surface area contributed by atoms with E-state index in [1.54, 1.807) is 26.8 Å². The number of aromatic amines is 1. The summed E-state index contributed by atoms with van der Waals surface area (Å²) in [6.45, 7) is 7.20. The fourth-order valence-corrected chi connectivity index (χ4v) is 5.23. The number of carbonyl (C=O) groups is 1. The quantitative estimate of drug-likeness (QED) is 0.542. The molecule has 0 radical (unpaired) electrons. The predicted molar refractivity (Wildman–Crippen MR) is 119 cm³/mol. The molecule has 1 atom stereocenters. The molecule has 3 N–H and O–H groups in total. The molecule has 0 fully saturated rings. The molecule has 0 aliphatic carbocycles. The van der Waals surface area contributed by atoms with Gasteiger partial charge in [0.05, 0.1) is 15.6 Å². The van der Waals surface area contributed by atoms with E-state index >= 15 is 0 Å². The van der Waals surface area contributed by atoms with Crippen molar-refractivity contribution in [2.24, 2.45) is 0 Å². The maximum absolute atomic E-state index is 12.7. The Kier molecular flexibility index (Phi) is 8.10. The van der Waals surface area contributed by atoms with Gasteiger partial charge < -0.3 is 10.3 Å². The number of aromatic nitrogens is 1. The molecule has 0 unspecified atom stereocenters. The van der Waals surface area contributed by atoms with Crippen molar-refractivity contribution in [3.63, 3.8) is 0 Å². The van der Waals surface area contributed by atoms with Crippen LogP contribution in [0.3, 0.4) is 0 Å². The summed E-state index contributed by atoms with van der Waals surface area (Å²) in [7, 11) is -3.95. The molecule has 1 amide bonds. The van der Waals surface area contributed by atoms with Gasteiger partial charge in [0, 0.05) is 23.8 Å². The van der Waals surface area contributed by atoms with E-state index in [0.29, 0.717) is 17.7 Å². The third-order valence-corrected chi connectivity index (χ3v) is 6.92.